The van der Waals surface area contributed by atoms with Crippen molar-refractivity contribution in [2.75, 3.05) is 0 Å². The molecule has 0 rings (SSSR count). The van der Waals surface area contributed by atoms with Crippen LogP contribution in [0.3, 0.4) is 0 Å². The summed E-state index contributed by atoms with van der Waals surface area (Å²) in [6, 6.07) is 0. The maximum absolute atomic E-state index is 0. The van der Waals surface area contributed by atoms with Crippen LogP contribution in [-0.2, 0) is 46.8 Å². The van der Waals surface area contributed by atoms with Crippen molar-refractivity contribution in [3.05, 3.63) is 0 Å². The van der Waals surface area contributed by atoms with Gasteiger partial charge in [-0.2, -0.15) is 0 Å². The van der Waals surface area contributed by atoms with Crippen molar-refractivity contribution in [1.29, 1.82) is 0 Å². The van der Waals surface area contributed by atoms with Crippen molar-refractivity contribution < 1.29 is 46.8 Å². The first-order valence-corrected chi connectivity index (χ1v) is 0. The molecule has 0 atom stereocenters. The maximum atomic E-state index is 0. The van der Waals surface area contributed by atoms with Gasteiger partial charge in [-0.1, -0.05) is 0 Å². The smallest absolute Gasteiger partial charge is 2.00 e. The molecule has 28 valence electrons. The summed E-state index contributed by atoms with van der Waals surface area (Å²) in [4.78, 5) is 0. The zero-order valence-electron chi connectivity index (χ0n) is 3.05. The van der Waals surface area contributed by atoms with Crippen LogP contribution in [0, 0.1) is 0 Å². The average Bonchev–Trinajstić information content (AvgIpc) is 0. The summed E-state index contributed by atoms with van der Waals surface area (Å²) < 4.78 is 0. The Morgan fingerprint density at radius 2 is 0.667 bits per heavy atom. The molecular formula is CdSeTe3Zn. The van der Waals surface area contributed by atoms with E-state index < -0.39 is 0 Å². The van der Waals surface area contributed by atoms with E-state index in [1.165, 1.54) is 0 Å². The number of hydrogen-bond acceptors (Lipinski definition) is 0. The standard InChI is InChI=1S/Cd.Se.3Te.Zn/q2*+2;3*-2;+2. The summed E-state index contributed by atoms with van der Waals surface area (Å²) in [7, 11) is 0. The second-order valence-corrected chi connectivity index (χ2v) is 0. The van der Waals surface area contributed by atoms with Gasteiger partial charge in [0.2, 0.25) is 0 Å². The molecule has 0 heterocycles. The molecule has 4 radical (unpaired) electrons. The van der Waals surface area contributed by atoms with E-state index in [9.17, 15) is 0 Å². The Morgan fingerprint density at radius 1 is 0.667 bits per heavy atom. The predicted octanol–water partition coefficient (Wildman–Crippen LogP) is -1.53. The van der Waals surface area contributed by atoms with Crippen molar-refractivity contribution in [2.24, 2.45) is 0 Å². The van der Waals surface area contributed by atoms with Gasteiger partial charge in [0.15, 0.2) is 0 Å². The maximum Gasteiger partial charge on any atom is 2.00 e. The largest absolute Gasteiger partial charge is 2.00 e. The van der Waals surface area contributed by atoms with Gasteiger partial charge in [-0.3, -0.25) is 0 Å². The van der Waals surface area contributed by atoms with Gasteiger partial charge in [0.05, 0.1) is 0 Å². The molecule has 0 bridgehead atoms. The van der Waals surface area contributed by atoms with Gasteiger partial charge in [-0.15, -0.1) is 0 Å². The molecule has 0 saturated carbocycles. The Bertz CT molecular complexity index is 10.8. The van der Waals surface area contributed by atoms with Crippen LogP contribution in [0.15, 0.2) is 0 Å². The average molecular weight is 640 g/mol. The number of hydrogen-bond donors (Lipinski definition) is 0. The predicted molar refractivity (Wildman–Crippen MR) is 23.0 cm³/mol. The second kappa shape index (κ2) is 34.1. The van der Waals surface area contributed by atoms with E-state index in [1.807, 2.05) is 0 Å². The van der Waals surface area contributed by atoms with Crippen molar-refractivity contribution in [3.63, 3.8) is 0 Å². The molecule has 6 heteroatoms. The fourth-order valence-electron chi connectivity index (χ4n) is 0. The van der Waals surface area contributed by atoms with Gasteiger partial charge >= 0.3 is 63.8 Å². The van der Waals surface area contributed by atoms with E-state index in [0.29, 0.717) is 0 Å². The Labute approximate surface area is 132 Å². The normalized spacial score (nSPS) is 0. The monoisotopic (exact) mass is 647 g/mol. The van der Waals surface area contributed by atoms with Crippen LogP contribution >= 0.6 is 0 Å². The molecule has 0 aromatic carbocycles. The Morgan fingerprint density at radius 3 is 0.667 bits per heavy atom. The van der Waals surface area contributed by atoms with Crippen LogP contribution in [0.5, 0.6) is 0 Å². The van der Waals surface area contributed by atoms with Gasteiger partial charge in [0.1, 0.15) is 0 Å². The van der Waals surface area contributed by atoms with Crippen molar-refractivity contribution >= 4 is 88.1 Å². The molecular weight excluding hydrogens is 640 g/mol. The minimum absolute atomic E-state index is 0. The SMILES string of the molecule is [Cd+2].[Se+2].[Te-2].[Te-2].[Te-2].[Zn+2]. The van der Waals surface area contributed by atoms with Gasteiger partial charge < -0.3 is 71.0 Å². The molecule has 0 fully saturated rings. The molecule has 6 heavy (non-hydrogen) atoms. The Balaban J connectivity index is 0. The Kier molecular flexibility index (Phi) is 269. The summed E-state index contributed by atoms with van der Waals surface area (Å²) in [5.74, 6) is 0. The van der Waals surface area contributed by atoms with E-state index in [2.05, 4.69) is 0 Å². The van der Waals surface area contributed by atoms with Gasteiger partial charge in [0, 0.05) is 0 Å². The molecule has 0 nitrogen and oxygen atoms in total. The van der Waals surface area contributed by atoms with E-state index in [0.717, 1.165) is 0 Å². The molecule has 0 aromatic rings. The third-order valence-corrected chi connectivity index (χ3v) is 0. The van der Waals surface area contributed by atoms with Crippen molar-refractivity contribution in [3.8, 4) is 0 Å². The first-order chi connectivity index (χ1) is 0. The van der Waals surface area contributed by atoms with Crippen LogP contribution in [0.1, 0.15) is 0 Å². The third kappa shape index (κ3) is 23.7. The second-order valence-electron chi connectivity index (χ2n) is 0. The molecule has 0 saturated heterocycles. The molecule has 0 N–H and O–H groups in total. The molecule has 0 spiro atoms. The summed E-state index contributed by atoms with van der Waals surface area (Å²) in [6.07, 6.45) is 0. The first kappa shape index (κ1) is 47.2. The van der Waals surface area contributed by atoms with Gasteiger partial charge in [0.25, 0.3) is 0 Å². The van der Waals surface area contributed by atoms with Gasteiger partial charge in [-0.25, -0.2) is 0 Å². The zero-order valence-corrected chi connectivity index (χ0v) is 18.8. The quantitative estimate of drug-likeness (QED) is 0.283. The zero-order chi connectivity index (χ0) is 0. The summed E-state index contributed by atoms with van der Waals surface area (Å²) in [5, 5.41) is 0. The van der Waals surface area contributed by atoms with E-state index >= 15 is 0 Å². The van der Waals surface area contributed by atoms with Gasteiger partial charge in [-0.05, 0) is 0 Å². The topological polar surface area (TPSA) is 0 Å². The minimum Gasteiger partial charge on any atom is -2.00 e. The fourth-order valence-corrected chi connectivity index (χ4v) is 0. The molecule has 0 aromatic heterocycles. The molecule has 0 aliphatic carbocycles. The summed E-state index contributed by atoms with van der Waals surface area (Å²) in [5.41, 5.74) is 0. The van der Waals surface area contributed by atoms with Crippen molar-refractivity contribution in [1.82, 2.24) is 0 Å². The molecule has 0 amide bonds. The van der Waals surface area contributed by atoms with Crippen LogP contribution < -0.4 is 0 Å². The molecule has 0 aliphatic heterocycles. The summed E-state index contributed by atoms with van der Waals surface area (Å²) >= 11 is 0. The summed E-state index contributed by atoms with van der Waals surface area (Å²) in [6.45, 7) is 0. The first-order valence-electron chi connectivity index (χ1n) is 0. The van der Waals surface area contributed by atoms with Crippen LogP contribution in [0.2, 0.25) is 0 Å². The van der Waals surface area contributed by atoms with Crippen molar-refractivity contribution in [2.45, 2.75) is 0 Å². The van der Waals surface area contributed by atoms with E-state index in [4.69, 9.17) is 0 Å². The van der Waals surface area contributed by atoms with Crippen LogP contribution in [0.4, 0.5) is 0 Å². The van der Waals surface area contributed by atoms with E-state index in [1.54, 1.807) is 0 Å². The molecule has 0 unspecified atom stereocenters. The Hall–Kier alpha value is 4.43. The minimum atomic E-state index is 0. The van der Waals surface area contributed by atoms with Crippen LogP contribution in [0.25, 0.3) is 0 Å². The number of rotatable bonds is 0. The fraction of sp³-hybridized carbons (Fsp3) is 0. The third-order valence-electron chi connectivity index (χ3n) is 0. The molecule has 0 aliphatic rings. The van der Waals surface area contributed by atoms with Crippen LogP contribution in [-0.4, -0.2) is 88.1 Å². The van der Waals surface area contributed by atoms with E-state index in [-0.39, 0.29) is 135 Å².